The molecule has 2 rings (SSSR count). The van der Waals surface area contributed by atoms with Gasteiger partial charge >= 0.3 is 34.6 Å². The normalized spacial score (nSPS) is 14.0. The van der Waals surface area contributed by atoms with Crippen molar-refractivity contribution in [2.24, 2.45) is 0 Å². The number of fused-ring (bicyclic) bond motifs is 1. The third-order valence-electron chi connectivity index (χ3n) is 1.77. The Morgan fingerprint density at radius 3 is 1.92 bits per heavy atom. The first kappa shape index (κ1) is 10.6. The van der Waals surface area contributed by atoms with Gasteiger partial charge in [-0.3, -0.25) is 0 Å². The van der Waals surface area contributed by atoms with E-state index in [9.17, 15) is 0 Å². The molecule has 0 N–H and O–H groups in total. The van der Waals surface area contributed by atoms with E-state index in [2.05, 4.69) is 25.6 Å². The molecule has 0 atom stereocenters. The van der Waals surface area contributed by atoms with Gasteiger partial charge in [-0.1, -0.05) is 0 Å². The van der Waals surface area contributed by atoms with E-state index in [0.29, 0.717) is 0 Å². The summed E-state index contributed by atoms with van der Waals surface area (Å²) in [5.74, 6) is 0. The van der Waals surface area contributed by atoms with Gasteiger partial charge in [0.05, 0.1) is 0 Å². The van der Waals surface area contributed by atoms with Crippen molar-refractivity contribution in [1.29, 1.82) is 0 Å². The quantitative estimate of drug-likeness (QED) is 0.507. The van der Waals surface area contributed by atoms with Crippen LogP contribution in [0.25, 0.3) is 0 Å². The molecule has 0 fully saturated rings. The molecule has 0 aromatic carbocycles. The fourth-order valence-electron chi connectivity index (χ4n) is 1.30. The maximum Gasteiger partial charge on any atom is 0.138 e. The van der Waals surface area contributed by atoms with E-state index >= 15 is 0 Å². The molecule has 1 aromatic rings. The predicted octanol–water partition coefficient (Wildman–Crippen LogP) is 3.34. The van der Waals surface area contributed by atoms with Gasteiger partial charge in [0, 0.05) is 11.1 Å². The van der Waals surface area contributed by atoms with Gasteiger partial charge in [-0.2, -0.15) is 0 Å². The molecule has 0 unspecified atom stereocenters. The first-order valence-electron chi connectivity index (χ1n) is 4.55. The summed E-state index contributed by atoms with van der Waals surface area (Å²) in [6.07, 6.45) is 4.09. The molecule has 67 valence electrons. The van der Waals surface area contributed by atoms with E-state index < -0.39 is 19.8 Å². The van der Waals surface area contributed by atoms with Gasteiger partial charge < -0.3 is 0 Å². The zero-order chi connectivity index (χ0) is 8.97. The number of hydrogen-bond donors (Lipinski definition) is 0. The van der Waals surface area contributed by atoms with Crippen LogP contribution in [-0.2, 0) is 12.8 Å². The topological polar surface area (TPSA) is 0 Å². The molecule has 0 aliphatic heterocycles. The smallest absolute Gasteiger partial charge is 0.0448 e. The average Bonchev–Trinajstić information content (AvgIpc) is 2.40. The van der Waals surface area contributed by atoms with Crippen molar-refractivity contribution in [3.05, 3.63) is 21.9 Å². The zero-order valence-corrected chi connectivity index (χ0v) is 12.0. The molecule has 1 aliphatic rings. The van der Waals surface area contributed by atoms with Gasteiger partial charge in [0.1, 0.15) is 10.8 Å². The molecule has 1 heterocycles. The van der Waals surface area contributed by atoms with Crippen molar-refractivity contribution < 1.29 is 0 Å². The van der Waals surface area contributed by atoms with Crippen LogP contribution in [0.3, 0.4) is 0 Å². The van der Waals surface area contributed by atoms with Gasteiger partial charge in [0.2, 0.25) is 0 Å². The van der Waals surface area contributed by atoms with Crippen molar-refractivity contribution >= 4 is 31.1 Å². The SMILES string of the molecule is [CH3][Sn]([CH3])[CH3].c1[sH+]cc2c1CCC2. The van der Waals surface area contributed by atoms with E-state index in [-0.39, 0.29) is 0 Å². The second-order valence-corrected chi connectivity index (χ2v) is 13.2. The Morgan fingerprint density at radius 1 is 1.08 bits per heavy atom. The Hall–Kier alpha value is 0.499. The average molecular weight is 289 g/mol. The number of aryl methyl sites for hydroxylation is 2. The number of hydrogen-bond acceptors (Lipinski definition) is 0. The molecule has 0 saturated heterocycles. The van der Waals surface area contributed by atoms with Crippen LogP contribution in [0.15, 0.2) is 10.8 Å². The summed E-state index contributed by atoms with van der Waals surface area (Å²) in [6, 6.07) is 0. The summed E-state index contributed by atoms with van der Waals surface area (Å²) in [5.41, 5.74) is 3.26. The molecular weight excluding hydrogens is 271 g/mol. The van der Waals surface area contributed by atoms with Crippen molar-refractivity contribution in [3.8, 4) is 0 Å². The predicted molar refractivity (Wildman–Crippen MR) is 61.1 cm³/mol. The minimum atomic E-state index is -0.543. The first-order valence-corrected chi connectivity index (χ1v) is 14.1. The van der Waals surface area contributed by atoms with Crippen molar-refractivity contribution in [2.75, 3.05) is 0 Å². The standard InChI is InChI=1S/C7H8S.3CH3.Sn/c1-2-6-4-8-5-7(6)3-1;;;;/h4-5H,1-3H2;3*1H3;/p+1. The van der Waals surface area contributed by atoms with E-state index in [0.717, 1.165) is 0 Å². The largest absolute Gasteiger partial charge is 0.138 e. The van der Waals surface area contributed by atoms with Crippen LogP contribution in [0, 0.1) is 0 Å². The minimum absolute atomic E-state index is 0.543. The molecule has 1 aromatic heterocycles. The van der Waals surface area contributed by atoms with Gasteiger partial charge in [-0.05, 0) is 30.6 Å². The molecule has 2 heteroatoms. The molecule has 1 radical (unpaired) electrons. The molecular formula is C10H18SSn+. The van der Waals surface area contributed by atoms with Crippen molar-refractivity contribution in [1.82, 2.24) is 0 Å². The van der Waals surface area contributed by atoms with Gasteiger partial charge in [0.15, 0.2) is 0 Å². The molecule has 0 saturated carbocycles. The van der Waals surface area contributed by atoms with Crippen LogP contribution >= 0.6 is 11.3 Å². The van der Waals surface area contributed by atoms with Crippen LogP contribution < -0.4 is 0 Å². The third kappa shape index (κ3) is 3.48. The summed E-state index contributed by atoms with van der Waals surface area (Å²) in [7, 11) is 0. The maximum absolute atomic E-state index is 2.36. The van der Waals surface area contributed by atoms with Crippen molar-refractivity contribution in [2.45, 2.75) is 34.1 Å². The number of rotatable bonds is 0. The Kier molecular flexibility index (Phi) is 4.65. The Morgan fingerprint density at radius 2 is 1.50 bits per heavy atom. The fraction of sp³-hybridized carbons (Fsp3) is 0.600. The molecule has 0 amide bonds. The van der Waals surface area contributed by atoms with Crippen LogP contribution in [0.4, 0.5) is 0 Å². The maximum atomic E-state index is 2.36. The van der Waals surface area contributed by atoms with E-state index in [1.807, 2.05) is 0 Å². The van der Waals surface area contributed by atoms with Crippen LogP contribution in [0.1, 0.15) is 17.5 Å². The van der Waals surface area contributed by atoms with Gasteiger partial charge in [-0.25, -0.2) is 0 Å². The van der Waals surface area contributed by atoms with Gasteiger partial charge in [0.25, 0.3) is 0 Å². The summed E-state index contributed by atoms with van der Waals surface area (Å²) < 4.78 is 0. The van der Waals surface area contributed by atoms with Crippen molar-refractivity contribution in [3.63, 3.8) is 0 Å². The summed E-state index contributed by atoms with van der Waals surface area (Å²) in [5, 5.41) is 4.67. The van der Waals surface area contributed by atoms with Crippen LogP contribution in [0.5, 0.6) is 0 Å². The molecule has 0 nitrogen and oxygen atoms in total. The first-order chi connectivity index (χ1) is 5.70. The summed E-state index contributed by atoms with van der Waals surface area (Å²) in [6.45, 7) is 0. The monoisotopic (exact) mass is 290 g/mol. The minimum Gasteiger partial charge on any atom is -0.0448 e. The Balaban J connectivity index is 0.000000157. The Bertz CT molecular complexity index is 206. The summed E-state index contributed by atoms with van der Waals surface area (Å²) in [4.78, 5) is 7.09. The molecule has 12 heavy (non-hydrogen) atoms. The zero-order valence-electron chi connectivity index (χ0n) is 8.22. The number of thiophene rings is 1. The fourth-order valence-corrected chi connectivity index (χ4v) is 2.33. The Labute approximate surface area is 86.7 Å². The molecule has 0 bridgehead atoms. The molecule has 1 aliphatic carbocycles. The second-order valence-electron chi connectivity index (χ2n) is 3.81. The molecule has 0 spiro atoms. The van der Waals surface area contributed by atoms with E-state index in [1.165, 1.54) is 30.6 Å². The van der Waals surface area contributed by atoms with Gasteiger partial charge in [-0.15, -0.1) is 0 Å². The van der Waals surface area contributed by atoms with E-state index in [4.69, 9.17) is 0 Å². The van der Waals surface area contributed by atoms with E-state index in [1.54, 1.807) is 11.1 Å². The second kappa shape index (κ2) is 5.28. The summed E-state index contributed by atoms with van der Waals surface area (Å²) >= 11 is 0.879. The van der Waals surface area contributed by atoms with Crippen LogP contribution in [-0.4, -0.2) is 19.8 Å². The van der Waals surface area contributed by atoms with Crippen LogP contribution in [0.2, 0.25) is 14.8 Å². The third-order valence-corrected chi connectivity index (χ3v) is 2.69.